The maximum atomic E-state index is 11.9. The zero-order chi connectivity index (χ0) is 16.0. The fraction of sp³-hybridized carbons (Fsp3) is 0.357. The van der Waals surface area contributed by atoms with Gasteiger partial charge in [-0.05, 0) is 12.2 Å². The van der Waals surface area contributed by atoms with Gasteiger partial charge in [-0.1, -0.05) is 18.2 Å². The summed E-state index contributed by atoms with van der Waals surface area (Å²) in [7, 11) is 4.24. The van der Waals surface area contributed by atoms with Crippen molar-refractivity contribution in [1.29, 1.82) is 0 Å². The van der Waals surface area contributed by atoms with Crippen LogP contribution in [0, 0.1) is 5.92 Å². The minimum atomic E-state index is -0.903. The molecule has 5 nitrogen and oxygen atoms in total. The molecular weight excluding hydrogens is 310 g/mol. The third-order valence-electron chi connectivity index (χ3n) is 3.07. The molecular formula is C14H18NO4S2+. The zero-order valence-corrected chi connectivity index (χ0v) is 13.8. The van der Waals surface area contributed by atoms with Crippen molar-refractivity contribution in [2.75, 3.05) is 21.3 Å². The maximum absolute atomic E-state index is 11.9. The molecule has 0 saturated heterocycles. The Morgan fingerprint density at radius 3 is 2.29 bits per heavy atom. The fourth-order valence-corrected chi connectivity index (χ4v) is 2.37. The Labute approximate surface area is 135 Å². The van der Waals surface area contributed by atoms with Gasteiger partial charge in [0.05, 0.1) is 40.5 Å². The van der Waals surface area contributed by atoms with Crippen LogP contribution in [-0.4, -0.2) is 38.2 Å². The molecule has 2 unspecified atom stereocenters. The molecule has 21 heavy (non-hydrogen) atoms. The number of benzene rings is 1. The zero-order valence-electron chi connectivity index (χ0n) is 12.1. The van der Waals surface area contributed by atoms with Gasteiger partial charge in [0, 0.05) is 12.1 Å². The van der Waals surface area contributed by atoms with Crippen molar-refractivity contribution in [3.05, 3.63) is 30.3 Å². The topological polar surface area (TPSA) is 52.6 Å². The van der Waals surface area contributed by atoms with E-state index in [2.05, 4.69) is 17.6 Å². The number of carbonyl (C=O) groups is 2. The van der Waals surface area contributed by atoms with Crippen molar-refractivity contribution in [3.63, 3.8) is 0 Å². The molecule has 2 atom stereocenters. The molecule has 0 spiro atoms. The van der Waals surface area contributed by atoms with Gasteiger partial charge in [-0.25, -0.2) is 0 Å². The van der Waals surface area contributed by atoms with Gasteiger partial charge in [-0.15, -0.1) is 0 Å². The van der Waals surface area contributed by atoms with Crippen molar-refractivity contribution in [3.8, 4) is 0 Å². The first kappa shape index (κ1) is 17.6. The first-order valence-corrected chi connectivity index (χ1v) is 6.99. The number of esters is 2. The van der Waals surface area contributed by atoms with Crippen LogP contribution in [0.15, 0.2) is 30.3 Å². The van der Waals surface area contributed by atoms with Crippen LogP contribution in [0.25, 0.3) is 0 Å². The van der Waals surface area contributed by atoms with E-state index >= 15 is 0 Å². The predicted octanol–water partition coefficient (Wildman–Crippen LogP) is 2.15. The number of para-hydroxylation sites is 1. The highest BCUT2D eigenvalue weighted by atomic mass is 32.1. The van der Waals surface area contributed by atoms with Crippen LogP contribution >= 0.6 is 25.0 Å². The third kappa shape index (κ3) is 4.26. The highest BCUT2D eigenvalue weighted by Crippen LogP contribution is 2.29. The lowest BCUT2D eigenvalue weighted by molar-refractivity contribution is -0.149. The van der Waals surface area contributed by atoms with Gasteiger partial charge in [0.15, 0.2) is 5.92 Å². The van der Waals surface area contributed by atoms with Crippen LogP contribution in [0.2, 0.25) is 0 Å². The van der Waals surface area contributed by atoms with Crippen molar-refractivity contribution in [1.82, 2.24) is 3.89 Å². The normalized spacial score (nSPS) is 14.7. The van der Waals surface area contributed by atoms with Gasteiger partial charge in [0.25, 0.3) is 0 Å². The van der Waals surface area contributed by atoms with Gasteiger partial charge in [0.2, 0.25) is 4.99 Å². The van der Waals surface area contributed by atoms with Crippen LogP contribution in [0.5, 0.6) is 0 Å². The van der Waals surface area contributed by atoms with Crippen LogP contribution in [-0.2, 0) is 19.1 Å². The lowest BCUT2D eigenvalue weighted by Crippen LogP contribution is -2.47. The molecule has 7 heteroatoms. The summed E-state index contributed by atoms with van der Waals surface area (Å²) < 4.78 is 9.23. The second-order valence-corrected chi connectivity index (χ2v) is 5.71. The fourth-order valence-electron chi connectivity index (χ4n) is 1.81. The SMILES string of the molecule is COC(=O)CC(C(=O)OC)C(=S)[N+](C)(S)c1ccccc1. The number of hydrogen-bond acceptors (Lipinski definition) is 6. The summed E-state index contributed by atoms with van der Waals surface area (Å²) in [5.41, 5.74) is 0.782. The standard InChI is InChI=1S/C14H18NO4S2/c1-15(21,10-7-5-4-6-8-10)13(20)11(14(17)19-3)9-12(16)18-2/h4-8,11,21H,9H2,1-3H3/q+1. The van der Waals surface area contributed by atoms with Crippen LogP contribution < -0.4 is 3.89 Å². The average molecular weight is 328 g/mol. The summed E-state index contributed by atoms with van der Waals surface area (Å²) in [6.45, 7) is 0. The van der Waals surface area contributed by atoms with Gasteiger partial charge in [-0.3, -0.25) is 9.59 Å². The molecule has 0 N–H and O–H groups in total. The molecule has 0 fully saturated rings. The van der Waals surface area contributed by atoms with Crippen molar-refractivity contribution >= 4 is 47.6 Å². The molecule has 1 aromatic carbocycles. The van der Waals surface area contributed by atoms with E-state index in [1.54, 1.807) is 7.05 Å². The highest BCUT2D eigenvalue weighted by Gasteiger charge is 2.40. The molecule has 0 saturated carbocycles. The summed E-state index contributed by atoms with van der Waals surface area (Å²) >= 11 is 9.92. The first-order chi connectivity index (χ1) is 9.84. The van der Waals surface area contributed by atoms with Crippen molar-refractivity contribution < 1.29 is 19.1 Å². The molecule has 0 heterocycles. The average Bonchev–Trinajstić information content (AvgIpc) is 2.51. The molecule has 0 radical (unpaired) electrons. The Balaban J connectivity index is 3.09. The minimum absolute atomic E-state index is 0.104. The molecule has 0 amide bonds. The largest absolute Gasteiger partial charge is 0.469 e. The first-order valence-electron chi connectivity index (χ1n) is 6.18. The van der Waals surface area contributed by atoms with E-state index in [0.717, 1.165) is 5.69 Å². The number of methoxy groups -OCH3 is 2. The minimum Gasteiger partial charge on any atom is -0.469 e. The summed E-state index contributed by atoms with van der Waals surface area (Å²) in [6, 6.07) is 9.24. The molecule has 0 aliphatic heterocycles. The smallest absolute Gasteiger partial charge is 0.320 e. The highest BCUT2D eigenvalue weighted by molar-refractivity contribution is 7.85. The second kappa shape index (κ2) is 7.53. The maximum Gasteiger partial charge on any atom is 0.320 e. The number of hydrogen-bond donors (Lipinski definition) is 1. The lowest BCUT2D eigenvalue weighted by Gasteiger charge is -2.29. The summed E-state index contributed by atoms with van der Waals surface area (Å²) in [6.07, 6.45) is -0.177. The van der Waals surface area contributed by atoms with E-state index in [1.165, 1.54) is 14.2 Å². The summed E-state index contributed by atoms with van der Waals surface area (Å²) in [5, 5.41) is 0. The Bertz CT molecular complexity index is 531. The molecule has 0 bridgehead atoms. The Morgan fingerprint density at radius 2 is 1.81 bits per heavy atom. The monoisotopic (exact) mass is 328 g/mol. The van der Waals surface area contributed by atoms with Crippen LogP contribution in [0.1, 0.15) is 6.42 Å². The van der Waals surface area contributed by atoms with Crippen LogP contribution in [0.4, 0.5) is 5.69 Å². The number of quaternary nitrogens is 1. The Hall–Kier alpha value is -1.44. The van der Waals surface area contributed by atoms with Crippen molar-refractivity contribution in [2.24, 2.45) is 5.92 Å². The molecule has 0 aromatic heterocycles. The Morgan fingerprint density at radius 1 is 1.24 bits per heavy atom. The molecule has 1 aromatic rings. The van der Waals surface area contributed by atoms with Gasteiger partial charge in [0.1, 0.15) is 5.69 Å². The number of ether oxygens (including phenoxy) is 2. The Kier molecular flexibility index (Phi) is 6.32. The van der Waals surface area contributed by atoms with E-state index in [1.807, 2.05) is 30.3 Å². The van der Waals surface area contributed by atoms with E-state index < -0.39 is 17.9 Å². The number of rotatable bonds is 5. The molecule has 0 aliphatic rings. The molecule has 1 rings (SSSR count). The van der Waals surface area contributed by atoms with E-state index in [4.69, 9.17) is 17.0 Å². The number of carbonyl (C=O) groups excluding carboxylic acids is 2. The molecule has 0 aliphatic carbocycles. The quantitative estimate of drug-likeness (QED) is 0.388. The number of nitrogens with zero attached hydrogens (tertiary/aromatic N) is 1. The van der Waals surface area contributed by atoms with Gasteiger partial charge < -0.3 is 9.47 Å². The van der Waals surface area contributed by atoms with Gasteiger partial charge >= 0.3 is 11.9 Å². The number of thiol groups is 1. The predicted molar refractivity (Wildman–Crippen MR) is 87.9 cm³/mol. The third-order valence-corrected chi connectivity index (χ3v) is 4.30. The lowest BCUT2D eigenvalue weighted by atomic mass is 10.0. The van der Waals surface area contributed by atoms with E-state index in [-0.39, 0.29) is 15.3 Å². The summed E-state index contributed by atoms with van der Waals surface area (Å²) in [4.78, 5) is 23.7. The van der Waals surface area contributed by atoms with E-state index in [0.29, 0.717) is 0 Å². The number of thiocarbonyl (C=S) groups is 1. The second-order valence-electron chi connectivity index (χ2n) is 4.49. The van der Waals surface area contributed by atoms with Gasteiger partial charge in [-0.2, -0.15) is 3.89 Å². The van der Waals surface area contributed by atoms with Crippen molar-refractivity contribution in [2.45, 2.75) is 6.42 Å². The molecule has 114 valence electrons. The van der Waals surface area contributed by atoms with E-state index in [9.17, 15) is 9.59 Å². The summed E-state index contributed by atoms with van der Waals surface area (Å²) in [5.74, 6) is -2.02. The van der Waals surface area contributed by atoms with Crippen LogP contribution in [0.3, 0.4) is 0 Å².